The van der Waals surface area contributed by atoms with Gasteiger partial charge in [-0.3, -0.25) is 9.59 Å². The van der Waals surface area contributed by atoms with Gasteiger partial charge in [-0.1, -0.05) is 29.3 Å². The first kappa shape index (κ1) is 25.9. The standard InChI is InChI=1S/C27H20Cl2F2N2O5/c1-37-24(35)12-38-22-7-3-13(28)8-16(22)19-11-23(34)33-25(17-10-15(30)4-6-20(17)31)27(19)18-5-2-14(29)9-21(18)32-26(27)36/h2-10,19,25H,11-12H2,1H3,(H,32,36)(H,33,34)/t19-,25+,27-/m1/s1. The number of methoxy groups -OCH3 is 1. The topological polar surface area (TPSA) is 93.7 Å². The summed E-state index contributed by atoms with van der Waals surface area (Å²) in [5, 5.41) is 6.14. The summed E-state index contributed by atoms with van der Waals surface area (Å²) in [6.07, 6.45) is -0.224. The van der Waals surface area contributed by atoms with Gasteiger partial charge in [-0.25, -0.2) is 13.6 Å². The maximum Gasteiger partial charge on any atom is 0.343 e. The Morgan fingerprint density at radius 1 is 1.03 bits per heavy atom. The number of esters is 1. The van der Waals surface area contributed by atoms with E-state index in [1.165, 1.54) is 25.3 Å². The van der Waals surface area contributed by atoms with Gasteiger partial charge < -0.3 is 20.1 Å². The molecule has 0 unspecified atom stereocenters. The highest BCUT2D eigenvalue weighted by molar-refractivity contribution is 6.31. The molecule has 7 nitrogen and oxygen atoms in total. The zero-order valence-corrected chi connectivity index (χ0v) is 21.3. The predicted octanol–water partition coefficient (Wildman–Crippen LogP) is 5.06. The van der Waals surface area contributed by atoms with Gasteiger partial charge >= 0.3 is 5.97 Å². The molecule has 3 aromatic carbocycles. The van der Waals surface area contributed by atoms with Crippen LogP contribution in [0, 0.1) is 11.6 Å². The van der Waals surface area contributed by atoms with Crippen molar-refractivity contribution in [3.8, 4) is 5.75 Å². The maximum atomic E-state index is 15.2. The summed E-state index contributed by atoms with van der Waals surface area (Å²) in [5.41, 5.74) is -0.763. The third-order valence-electron chi connectivity index (χ3n) is 6.94. The van der Waals surface area contributed by atoms with Gasteiger partial charge in [0.1, 0.15) is 22.8 Å². The van der Waals surface area contributed by atoms with Crippen molar-refractivity contribution in [3.63, 3.8) is 0 Å². The van der Waals surface area contributed by atoms with Crippen LogP contribution in [0.3, 0.4) is 0 Å². The molecule has 0 bridgehead atoms. The number of carbonyl (C=O) groups excluding carboxylic acids is 3. The van der Waals surface area contributed by atoms with Crippen LogP contribution in [0.5, 0.6) is 5.75 Å². The Morgan fingerprint density at radius 3 is 2.53 bits per heavy atom. The fourth-order valence-corrected chi connectivity index (χ4v) is 5.73. The number of halogens is 4. The van der Waals surface area contributed by atoms with E-state index in [1.807, 2.05) is 0 Å². The van der Waals surface area contributed by atoms with Crippen LogP contribution >= 0.6 is 23.2 Å². The van der Waals surface area contributed by atoms with E-state index >= 15 is 4.39 Å². The molecule has 0 radical (unpaired) electrons. The van der Waals surface area contributed by atoms with Crippen LogP contribution in [-0.4, -0.2) is 31.5 Å². The van der Waals surface area contributed by atoms with Crippen molar-refractivity contribution in [2.75, 3.05) is 19.0 Å². The average Bonchev–Trinajstić information content (AvgIpc) is 3.16. The smallest absolute Gasteiger partial charge is 0.343 e. The van der Waals surface area contributed by atoms with Gasteiger partial charge in [0.2, 0.25) is 11.8 Å². The molecule has 2 aliphatic rings. The minimum atomic E-state index is -1.67. The molecule has 0 aliphatic carbocycles. The van der Waals surface area contributed by atoms with Crippen molar-refractivity contribution < 1.29 is 32.6 Å². The second kappa shape index (κ2) is 9.89. The molecule has 0 aromatic heterocycles. The first-order valence-electron chi connectivity index (χ1n) is 11.5. The summed E-state index contributed by atoms with van der Waals surface area (Å²) in [5.74, 6) is -4.08. The van der Waals surface area contributed by atoms with Crippen LogP contribution in [0.25, 0.3) is 0 Å². The third kappa shape index (κ3) is 4.25. The lowest BCUT2D eigenvalue weighted by Gasteiger charge is -2.46. The molecule has 5 rings (SSSR count). The van der Waals surface area contributed by atoms with E-state index in [2.05, 4.69) is 15.4 Å². The number of hydrogen-bond acceptors (Lipinski definition) is 5. The van der Waals surface area contributed by atoms with Crippen molar-refractivity contribution in [1.82, 2.24) is 5.32 Å². The first-order valence-corrected chi connectivity index (χ1v) is 12.3. The van der Waals surface area contributed by atoms with E-state index in [0.717, 1.165) is 18.2 Å². The zero-order chi connectivity index (χ0) is 27.2. The molecule has 2 N–H and O–H groups in total. The fourth-order valence-electron chi connectivity index (χ4n) is 5.38. The molecule has 2 heterocycles. The highest BCUT2D eigenvalue weighted by atomic mass is 35.5. The van der Waals surface area contributed by atoms with Gasteiger partial charge in [0, 0.05) is 39.2 Å². The van der Waals surface area contributed by atoms with Crippen LogP contribution in [0.2, 0.25) is 10.0 Å². The summed E-state index contributed by atoms with van der Waals surface area (Å²) >= 11 is 12.5. The SMILES string of the molecule is COC(=O)COc1ccc(Cl)cc1[C@H]1CC(=O)N[C@@H](c2cc(F)ccc2F)[C@]12C(=O)Nc1cc(Cl)ccc12. The van der Waals surface area contributed by atoms with E-state index in [1.54, 1.807) is 18.2 Å². The van der Waals surface area contributed by atoms with E-state index in [-0.39, 0.29) is 22.8 Å². The van der Waals surface area contributed by atoms with E-state index in [0.29, 0.717) is 21.8 Å². The Morgan fingerprint density at radius 2 is 1.76 bits per heavy atom. The van der Waals surface area contributed by atoms with Crippen molar-refractivity contribution >= 4 is 46.7 Å². The van der Waals surface area contributed by atoms with Crippen molar-refractivity contribution in [2.45, 2.75) is 23.8 Å². The molecule has 3 aromatic rings. The summed E-state index contributed by atoms with van der Waals surface area (Å²) in [6.45, 7) is -0.447. The molecule has 1 spiro atoms. The number of ether oxygens (including phenoxy) is 2. The number of rotatable bonds is 5. The summed E-state index contributed by atoms with van der Waals surface area (Å²) < 4.78 is 40.0. The number of nitrogens with one attached hydrogen (secondary N) is 2. The average molecular weight is 561 g/mol. The second-order valence-corrected chi connectivity index (χ2v) is 9.86. The van der Waals surface area contributed by atoms with Gasteiger partial charge in [0.05, 0.1) is 13.2 Å². The minimum Gasteiger partial charge on any atom is -0.482 e. The molecule has 11 heteroatoms. The molecular weight excluding hydrogens is 541 g/mol. The van der Waals surface area contributed by atoms with E-state index < -0.39 is 53.4 Å². The molecule has 196 valence electrons. The van der Waals surface area contributed by atoms with Crippen molar-refractivity contribution in [2.24, 2.45) is 0 Å². The number of hydrogen-bond donors (Lipinski definition) is 2. The van der Waals surface area contributed by atoms with Gasteiger partial charge in [-0.05, 0) is 54.1 Å². The molecule has 1 saturated heterocycles. The number of amides is 2. The summed E-state index contributed by atoms with van der Waals surface area (Å²) in [4.78, 5) is 39.0. The van der Waals surface area contributed by atoms with Crippen LogP contribution in [0.15, 0.2) is 54.6 Å². The lowest BCUT2D eigenvalue weighted by molar-refractivity contribution is -0.143. The molecule has 2 amide bonds. The molecular formula is C27H20Cl2F2N2O5. The highest BCUT2D eigenvalue weighted by Crippen LogP contribution is 2.59. The van der Waals surface area contributed by atoms with Gasteiger partial charge in [-0.15, -0.1) is 0 Å². The number of benzene rings is 3. The molecule has 1 fully saturated rings. The van der Waals surface area contributed by atoms with E-state index in [9.17, 15) is 18.8 Å². The Bertz CT molecular complexity index is 1480. The Labute approximate surface area is 226 Å². The lowest BCUT2D eigenvalue weighted by Crippen LogP contribution is -2.57. The zero-order valence-electron chi connectivity index (χ0n) is 19.8. The van der Waals surface area contributed by atoms with Crippen LogP contribution in [0.1, 0.15) is 35.1 Å². The largest absolute Gasteiger partial charge is 0.482 e. The normalized spacial score (nSPS) is 22.0. The quantitative estimate of drug-likeness (QED) is 0.425. The van der Waals surface area contributed by atoms with Gasteiger partial charge in [0.15, 0.2) is 6.61 Å². The van der Waals surface area contributed by atoms with Gasteiger partial charge in [-0.2, -0.15) is 0 Å². The third-order valence-corrected chi connectivity index (χ3v) is 7.41. The Hall–Kier alpha value is -3.69. The Balaban J connectivity index is 1.79. The molecule has 0 saturated carbocycles. The number of anilines is 1. The van der Waals surface area contributed by atoms with Crippen molar-refractivity contribution in [3.05, 3.63) is 93.0 Å². The number of fused-ring (bicyclic) bond motifs is 2. The molecule has 38 heavy (non-hydrogen) atoms. The fraction of sp³-hybridized carbons (Fsp3) is 0.222. The van der Waals surface area contributed by atoms with Crippen LogP contribution in [0.4, 0.5) is 14.5 Å². The van der Waals surface area contributed by atoms with Crippen LogP contribution in [-0.2, 0) is 24.5 Å². The van der Waals surface area contributed by atoms with Gasteiger partial charge in [0.25, 0.3) is 0 Å². The van der Waals surface area contributed by atoms with E-state index in [4.69, 9.17) is 27.9 Å². The predicted molar refractivity (Wildman–Crippen MR) is 135 cm³/mol. The summed E-state index contributed by atoms with van der Waals surface area (Å²) in [6, 6.07) is 10.8. The second-order valence-electron chi connectivity index (χ2n) is 8.98. The Kier molecular flexibility index (Phi) is 6.75. The number of piperidine rings is 1. The van der Waals surface area contributed by atoms with Crippen molar-refractivity contribution in [1.29, 1.82) is 0 Å². The first-order chi connectivity index (χ1) is 18.1. The summed E-state index contributed by atoms with van der Waals surface area (Å²) in [7, 11) is 1.21. The maximum absolute atomic E-state index is 15.2. The number of carbonyl (C=O) groups is 3. The monoisotopic (exact) mass is 560 g/mol. The molecule has 2 aliphatic heterocycles. The highest BCUT2D eigenvalue weighted by Gasteiger charge is 2.62. The molecule has 3 atom stereocenters. The minimum absolute atomic E-state index is 0.174. The lowest BCUT2D eigenvalue weighted by atomic mass is 9.59. The van der Waals surface area contributed by atoms with Crippen LogP contribution < -0.4 is 15.4 Å².